The van der Waals surface area contributed by atoms with Gasteiger partial charge in [-0.25, -0.2) is 0 Å². The van der Waals surface area contributed by atoms with Crippen molar-refractivity contribution in [1.82, 2.24) is 4.90 Å². The van der Waals surface area contributed by atoms with Crippen molar-refractivity contribution in [2.45, 2.75) is 63.3 Å². The third-order valence-corrected chi connectivity index (χ3v) is 4.87. The Bertz CT molecular complexity index is 414. The van der Waals surface area contributed by atoms with Crippen LogP contribution >= 0.6 is 0 Å². The minimum atomic E-state index is -0.0411. The molecule has 1 aliphatic carbocycles. The van der Waals surface area contributed by atoms with Gasteiger partial charge < -0.3 is 9.84 Å². The summed E-state index contributed by atoms with van der Waals surface area (Å²) in [5.74, 6) is 0. The van der Waals surface area contributed by atoms with E-state index in [9.17, 15) is 5.11 Å². The molecule has 1 aromatic carbocycles. The van der Waals surface area contributed by atoms with Crippen LogP contribution in [0.4, 0.5) is 0 Å². The first-order valence-corrected chi connectivity index (χ1v) is 8.45. The Kier molecular flexibility index (Phi) is 5.28. The van der Waals surface area contributed by atoms with Crippen LogP contribution in [-0.4, -0.2) is 35.3 Å². The van der Waals surface area contributed by atoms with Gasteiger partial charge >= 0.3 is 0 Å². The predicted molar refractivity (Wildman–Crippen MR) is 84.0 cm³/mol. The summed E-state index contributed by atoms with van der Waals surface area (Å²) in [4.78, 5) is 2.50. The second-order valence-electron chi connectivity index (χ2n) is 6.40. The van der Waals surface area contributed by atoms with Crippen molar-refractivity contribution in [1.29, 1.82) is 0 Å². The van der Waals surface area contributed by atoms with E-state index in [1.807, 2.05) is 6.07 Å². The Morgan fingerprint density at radius 3 is 2.33 bits per heavy atom. The summed E-state index contributed by atoms with van der Waals surface area (Å²) >= 11 is 0. The molecule has 1 saturated carbocycles. The largest absolute Gasteiger partial charge is 0.394 e. The van der Waals surface area contributed by atoms with Gasteiger partial charge in [-0.1, -0.05) is 62.4 Å². The lowest BCUT2D eigenvalue weighted by Gasteiger charge is -2.33. The molecule has 3 heteroatoms. The molecule has 0 bridgehead atoms. The van der Waals surface area contributed by atoms with Crippen molar-refractivity contribution < 1.29 is 9.84 Å². The van der Waals surface area contributed by atoms with Crippen LogP contribution in [-0.2, 0) is 4.74 Å². The van der Waals surface area contributed by atoms with E-state index in [1.54, 1.807) is 0 Å². The van der Waals surface area contributed by atoms with E-state index in [-0.39, 0.29) is 18.9 Å². The number of nitrogens with zero attached hydrogens (tertiary/aromatic N) is 1. The Labute approximate surface area is 127 Å². The summed E-state index contributed by atoms with van der Waals surface area (Å²) in [6.45, 7) is 0.979. The summed E-state index contributed by atoms with van der Waals surface area (Å²) in [6, 6.07) is 11.1. The van der Waals surface area contributed by atoms with E-state index < -0.39 is 0 Å². The Hall–Kier alpha value is -0.900. The van der Waals surface area contributed by atoms with E-state index in [0.29, 0.717) is 6.04 Å². The number of hydrogen-bond acceptors (Lipinski definition) is 3. The lowest BCUT2D eigenvalue weighted by Crippen LogP contribution is -2.36. The molecule has 2 fully saturated rings. The quantitative estimate of drug-likeness (QED) is 0.924. The van der Waals surface area contributed by atoms with Gasteiger partial charge in [-0.2, -0.15) is 0 Å². The van der Waals surface area contributed by atoms with Crippen molar-refractivity contribution >= 4 is 0 Å². The minimum Gasteiger partial charge on any atom is -0.394 e. The lowest BCUT2D eigenvalue weighted by atomic mass is 9.95. The SMILES string of the molecule is OCC1CN(C2CCCCCCC2)C(c2ccccc2)O1. The maximum absolute atomic E-state index is 9.50. The molecule has 21 heavy (non-hydrogen) atoms. The number of benzene rings is 1. The van der Waals surface area contributed by atoms with Crippen molar-refractivity contribution in [3.8, 4) is 0 Å². The molecule has 1 heterocycles. The molecule has 0 spiro atoms. The monoisotopic (exact) mass is 289 g/mol. The zero-order chi connectivity index (χ0) is 14.5. The van der Waals surface area contributed by atoms with Gasteiger partial charge in [0.15, 0.2) is 0 Å². The van der Waals surface area contributed by atoms with Gasteiger partial charge in [0.1, 0.15) is 6.23 Å². The summed E-state index contributed by atoms with van der Waals surface area (Å²) in [5.41, 5.74) is 1.22. The summed E-state index contributed by atoms with van der Waals surface area (Å²) < 4.78 is 6.11. The molecular formula is C18H27NO2. The summed E-state index contributed by atoms with van der Waals surface area (Å²) in [7, 11) is 0. The number of aliphatic hydroxyl groups excluding tert-OH is 1. The highest BCUT2D eigenvalue weighted by molar-refractivity contribution is 5.18. The van der Waals surface area contributed by atoms with Crippen molar-refractivity contribution in [2.24, 2.45) is 0 Å². The topological polar surface area (TPSA) is 32.7 Å². The second kappa shape index (κ2) is 7.39. The zero-order valence-corrected chi connectivity index (χ0v) is 12.8. The van der Waals surface area contributed by atoms with Crippen molar-refractivity contribution in [2.75, 3.05) is 13.2 Å². The maximum Gasteiger partial charge on any atom is 0.137 e. The van der Waals surface area contributed by atoms with Gasteiger partial charge in [0.25, 0.3) is 0 Å². The normalized spacial score (nSPS) is 29.2. The average Bonchev–Trinajstić information content (AvgIpc) is 2.92. The molecular weight excluding hydrogens is 262 g/mol. The minimum absolute atomic E-state index is 0.0211. The second-order valence-corrected chi connectivity index (χ2v) is 6.40. The lowest BCUT2D eigenvalue weighted by molar-refractivity contribution is -0.0330. The van der Waals surface area contributed by atoms with E-state index in [2.05, 4.69) is 29.2 Å². The zero-order valence-electron chi connectivity index (χ0n) is 12.8. The van der Waals surface area contributed by atoms with E-state index >= 15 is 0 Å². The number of ether oxygens (including phenoxy) is 1. The fraction of sp³-hybridized carbons (Fsp3) is 0.667. The third-order valence-electron chi connectivity index (χ3n) is 4.87. The number of rotatable bonds is 3. The molecule has 2 atom stereocenters. The molecule has 2 aliphatic rings. The third kappa shape index (κ3) is 3.65. The van der Waals surface area contributed by atoms with Crippen LogP contribution in [0.5, 0.6) is 0 Å². The molecule has 2 unspecified atom stereocenters. The molecule has 1 saturated heterocycles. The highest BCUT2D eigenvalue weighted by atomic mass is 16.5. The number of aliphatic hydroxyl groups is 1. The molecule has 3 rings (SSSR count). The van der Waals surface area contributed by atoms with E-state index in [0.717, 1.165) is 6.54 Å². The average molecular weight is 289 g/mol. The Morgan fingerprint density at radius 1 is 1.00 bits per heavy atom. The van der Waals surface area contributed by atoms with Gasteiger partial charge in [0.05, 0.1) is 12.7 Å². The highest BCUT2D eigenvalue weighted by Gasteiger charge is 2.37. The predicted octanol–water partition coefficient (Wildman–Crippen LogP) is 3.49. The van der Waals surface area contributed by atoms with Crippen LogP contribution in [0.2, 0.25) is 0 Å². The Balaban J connectivity index is 1.76. The van der Waals surface area contributed by atoms with Gasteiger partial charge in [0.2, 0.25) is 0 Å². The molecule has 3 nitrogen and oxygen atoms in total. The fourth-order valence-electron chi connectivity index (χ4n) is 3.73. The Morgan fingerprint density at radius 2 is 1.67 bits per heavy atom. The smallest absolute Gasteiger partial charge is 0.137 e. The first-order chi connectivity index (χ1) is 10.4. The van der Waals surface area contributed by atoms with Crippen molar-refractivity contribution in [3.63, 3.8) is 0 Å². The van der Waals surface area contributed by atoms with Crippen LogP contribution in [0.3, 0.4) is 0 Å². The molecule has 1 N–H and O–H groups in total. The van der Waals surface area contributed by atoms with Crippen LogP contribution in [0.1, 0.15) is 56.7 Å². The van der Waals surface area contributed by atoms with Gasteiger partial charge in [-0.05, 0) is 18.4 Å². The van der Waals surface area contributed by atoms with Gasteiger partial charge in [0, 0.05) is 12.6 Å². The maximum atomic E-state index is 9.50. The number of hydrogen-bond donors (Lipinski definition) is 1. The van der Waals surface area contributed by atoms with Crippen LogP contribution in [0.25, 0.3) is 0 Å². The van der Waals surface area contributed by atoms with Gasteiger partial charge in [-0.3, -0.25) is 4.90 Å². The first kappa shape index (κ1) is 15.0. The molecule has 0 aromatic heterocycles. The van der Waals surface area contributed by atoms with Crippen LogP contribution in [0.15, 0.2) is 30.3 Å². The molecule has 0 amide bonds. The van der Waals surface area contributed by atoms with Gasteiger partial charge in [-0.15, -0.1) is 0 Å². The molecule has 1 aliphatic heterocycles. The van der Waals surface area contributed by atoms with Crippen LogP contribution < -0.4 is 0 Å². The fourth-order valence-corrected chi connectivity index (χ4v) is 3.73. The van der Waals surface area contributed by atoms with Crippen molar-refractivity contribution in [3.05, 3.63) is 35.9 Å². The molecule has 116 valence electrons. The first-order valence-electron chi connectivity index (χ1n) is 8.45. The molecule has 0 radical (unpaired) electrons. The van der Waals surface area contributed by atoms with E-state index in [4.69, 9.17) is 4.74 Å². The summed E-state index contributed by atoms with van der Waals surface area (Å²) in [6.07, 6.45) is 9.29. The standard InChI is InChI=1S/C18H27NO2/c20-14-17-13-19(16-11-7-2-1-3-8-12-16)18(21-17)15-9-5-4-6-10-15/h4-6,9-10,16-18,20H,1-3,7-8,11-14H2. The summed E-state index contributed by atoms with van der Waals surface area (Å²) in [5, 5.41) is 9.50. The molecule has 1 aromatic rings. The van der Waals surface area contributed by atoms with Crippen LogP contribution in [0, 0.1) is 0 Å². The van der Waals surface area contributed by atoms with E-state index in [1.165, 1.54) is 50.5 Å². The highest BCUT2D eigenvalue weighted by Crippen LogP contribution is 2.35.